The van der Waals surface area contributed by atoms with E-state index in [-0.39, 0.29) is 5.75 Å². The molecule has 0 spiro atoms. The van der Waals surface area contributed by atoms with Gasteiger partial charge in [0, 0.05) is 0 Å². The van der Waals surface area contributed by atoms with Crippen LogP contribution in [0.15, 0.2) is 16.6 Å². The van der Waals surface area contributed by atoms with Crippen molar-refractivity contribution in [3.8, 4) is 11.5 Å². The normalized spacial score (nSPS) is 17.2. The highest BCUT2D eigenvalue weighted by atomic mass is 79.9. The summed E-state index contributed by atoms with van der Waals surface area (Å²) < 4.78 is 5.67. The maximum Gasteiger partial charge on any atom is 0.172 e. The number of ether oxygens (including phenoxy) is 1. The number of aliphatic hydroxyl groups is 1. The molecular weight excluding hydrogens is 272 g/mol. The second-order valence-electron chi connectivity index (χ2n) is 4.31. The van der Waals surface area contributed by atoms with E-state index in [1.807, 2.05) is 6.07 Å². The average molecular weight is 287 g/mol. The maximum atomic E-state index is 9.79. The lowest BCUT2D eigenvalue weighted by Crippen LogP contribution is -2.08. The van der Waals surface area contributed by atoms with Crippen molar-refractivity contribution in [2.75, 3.05) is 7.11 Å². The van der Waals surface area contributed by atoms with Crippen molar-refractivity contribution in [3.05, 3.63) is 22.2 Å². The van der Waals surface area contributed by atoms with Gasteiger partial charge in [0.05, 0.1) is 17.2 Å². The number of rotatable bonds is 4. The molecule has 0 saturated heterocycles. The van der Waals surface area contributed by atoms with Crippen molar-refractivity contribution in [1.29, 1.82) is 0 Å². The molecule has 16 heavy (non-hydrogen) atoms. The van der Waals surface area contributed by atoms with Gasteiger partial charge in [0.1, 0.15) is 0 Å². The lowest BCUT2D eigenvalue weighted by Gasteiger charge is -2.11. The number of aryl methyl sites for hydroxylation is 1. The van der Waals surface area contributed by atoms with Gasteiger partial charge in [-0.05, 0) is 53.2 Å². The van der Waals surface area contributed by atoms with Gasteiger partial charge in [-0.2, -0.15) is 0 Å². The lowest BCUT2D eigenvalue weighted by molar-refractivity contribution is 0.140. The van der Waals surface area contributed by atoms with Crippen molar-refractivity contribution >= 4 is 15.9 Å². The fourth-order valence-corrected chi connectivity index (χ4v) is 2.23. The molecule has 88 valence electrons. The van der Waals surface area contributed by atoms with Gasteiger partial charge >= 0.3 is 0 Å². The molecule has 2 rings (SSSR count). The Balaban J connectivity index is 2.12. The van der Waals surface area contributed by atoms with Crippen LogP contribution in [0.25, 0.3) is 0 Å². The summed E-state index contributed by atoms with van der Waals surface area (Å²) in [5.74, 6) is 0.587. The Morgan fingerprint density at radius 1 is 1.44 bits per heavy atom. The topological polar surface area (TPSA) is 49.7 Å². The molecule has 2 N–H and O–H groups in total. The Labute approximate surface area is 103 Å². The molecule has 1 aliphatic rings. The Morgan fingerprint density at radius 3 is 2.69 bits per heavy atom. The van der Waals surface area contributed by atoms with E-state index in [9.17, 15) is 10.2 Å². The number of phenols is 1. The Morgan fingerprint density at radius 2 is 2.12 bits per heavy atom. The zero-order valence-corrected chi connectivity index (χ0v) is 10.7. The zero-order chi connectivity index (χ0) is 11.8. The third kappa shape index (κ3) is 2.33. The number of hydrogen-bond acceptors (Lipinski definition) is 3. The van der Waals surface area contributed by atoms with Crippen LogP contribution < -0.4 is 4.74 Å². The number of halogens is 1. The fraction of sp³-hybridized carbons (Fsp3) is 0.500. The van der Waals surface area contributed by atoms with Gasteiger partial charge in [0.2, 0.25) is 0 Å². The van der Waals surface area contributed by atoms with E-state index in [0.29, 0.717) is 10.2 Å². The van der Waals surface area contributed by atoms with Gasteiger partial charge in [-0.3, -0.25) is 0 Å². The molecule has 1 fully saturated rings. The summed E-state index contributed by atoms with van der Waals surface area (Å²) in [6.45, 7) is 0. The summed E-state index contributed by atoms with van der Waals surface area (Å²) in [6, 6.07) is 3.65. The number of methoxy groups -OCH3 is 1. The molecule has 0 aliphatic heterocycles. The van der Waals surface area contributed by atoms with Gasteiger partial charge in [0.25, 0.3) is 0 Å². The highest BCUT2D eigenvalue weighted by Crippen LogP contribution is 2.42. The molecular formula is C12H15BrO3. The minimum Gasteiger partial charge on any atom is -0.503 e. The maximum absolute atomic E-state index is 9.79. The highest BCUT2D eigenvalue weighted by Gasteiger charge is 2.39. The second kappa shape index (κ2) is 4.26. The quantitative estimate of drug-likeness (QED) is 0.895. The molecule has 3 nitrogen and oxygen atoms in total. The molecule has 0 bridgehead atoms. The van der Waals surface area contributed by atoms with Crippen LogP contribution in [0.1, 0.15) is 24.8 Å². The molecule has 0 aromatic heterocycles. The molecule has 1 saturated carbocycles. The van der Waals surface area contributed by atoms with E-state index in [4.69, 9.17) is 4.74 Å². The second-order valence-corrected chi connectivity index (χ2v) is 5.11. The molecule has 1 aliphatic carbocycles. The molecule has 0 unspecified atom stereocenters. The van der Waals surface area contributed by atoms with Crippen LogP contribution >= 0.6 is 15.9 Å². The van der Waals surface area contributed by atoms with Crippen LogP contribution in [0, 0.1) is 0 Å². The average Bonchev–Trinajstić information content (AvgIpc) is 2.99. The summed E-state index contributed by atoms with van der Waals surface area (Å²) in [4.78, 5) is 0. The van der Waals surface area contributed by atoms with Crippen LogP contribution in [0.5, 0.6) is 11.5 Å². The van der Waals surface area contributed by atoms with Gasteiger partial charge in [-0.25, -0.2) is 0 Å². The molecule has 0 atom stereocenters. The molecule has 1 aromatic carbocycles. The lowest BCUT2D eigenvalue weighted by atomic mass is 10.1. The first kappa shape index (κ1) is 11.7. The van der Waals surface area contributed by atoms with Crippen molar-refractivity contribution in [2.45, 2.75) is 31.3 Å². The fourth-order valence-electron chi connectivity index (χ4n) is 1.71. The predicted octanol–water partition coefficient (Wildman–Crippen LogP) is 2.62. The largest absolute Gasteiger partial charge is 0.503 e. The van der Waals surface area contributed by atoms with Gasteiger partial charge in [0.15, 0.2) is 11.5 Å². The number of aromatic hydroxyl groups is 1. The molecule has 0 radical (unpaired) electrons. The molecule has 4 heteroatoms. The first-order valence-corrected chi connectivity index (χ1v) is 6.12. The Bertz CT molecular complexity index is 399. The molecule has 1 aromatic rings. The van der Waals surface area contributed by atoms with Gasteiger partial charge in [-0.15, -0.1) is 0 Å². The van der Waals surface area contributed by atoms with E-state index < -0.39 is 5.60 Å². The summed E-state index contributed by atoms with van der Waals surface area (Å²) in [6.07, 6.45) is 3.30. The number of phenolic OH excluding ortho intramolecular Hbond substituents is 1. The first-order valence-electron chi connectivity index (χ1n) is 5.32. The summed E-state index contributed by atoms with van der Waals surface area (Å²) >= 11 is 3.35. The van der Waals surface area contributed by atoms with Gasteiger partial charge < -0.3 is 14.9 Å². The van der Waals surface area contributed by atoms with Crippen molar-refractivity contribution in [3.63, 3.8) is 0 Å². The third-order valence-corrected chi connectivity index (χ3v) is 3.95. The Kier molecular flexibility index (Phi) is 3.13. The summed E-state index contributed by atoms with van der Waals surface area (Å²) in [5.41, 5.74) is 0.549. The SMILES string of the molecule is COc1ccc(CCC2(O)CC2)c(Br)c1O. The molecule has 0 heterocycles. The number of benzene rings is 1. The van der Waals surface area contributed by atoms with Gasteiger partial charge in [-0.1, -0.05) is 6.07 Å². The zero-order valence-electron chi connectivity index (χ0n) is 9.16. The first-order chi connectivity index (χ1) is 7.56. The minimum absolute atomic E-state index is 0.128. The Hall–Kier alpha value is -0.740. The third-order valence-electron chi connectivity index (χ3n) is 3.07. The van der Waals surface area contributed by atoms with Crippen LogP contribution in [0.3, 0.4) is 0 Å². The van der Waals surface area contributed by atoms with E-state index in [2.05, 4.69) is 15.9 Å². The monoisotopic (exact) mass is 286 g/mol. The van der Waals surface area contributed by atoms with Crippen LogP contribution in [-0.4, -0.2) is 22.9 Å². The van der Waals surface area contributed by atoms with E-state index in [1.54, 1.807) is 6.07 Å². The standard InChI is InChI=1S/C12H15BrO3/c1-16-9-3-2-8(10(13)11(9)14)4-5-12(15)6-7-12/h2-3,14-15H,4-7H2,1H3. The van der Waals surface area contributed by atoms with Crippen molar-refractivity contribution in [1.82, 2.24) is 0 Å². The summed E-state index contributed by atoms with van der Waals surface area (Å²) in [7, 11) is 1.52. The summed E-state index contributed by atoms with van der Waals surface area (Å²) in [5, 5.41) is 19.5. The highest BCUT2D eigenvalue weighted by molar-refractivity contribution is 9.10. The smallest absolute Gasteiger partial charge is 0.172 e. The van der Waals surface area contributed by atoms with Crippen molar-refractivity contribution in [2.24, 2.45) is 0 Å². The van der Waals surface area contributed by atoms with Crippen LogP contribution in [-0.2, 0) is 6.42 Å². The van der Waals surface area contributed by atoms with Crippen molar-refractivity contribution < 1.29 is 14.9 Å². The number of hydrogen-bond donors (Lipinski definition) is 2. The molecule has 0 amide bonds. The van der Waals surface area contributed by atoms with E-state index in [1.165, 1.54) is 7.11 Å². The van der Waals surface area contributed by atoms with E-state index >= 15 is 0 Å². The predicted molar refractivity (Wildman–Crippen MR) is 64.9 cm³/mol. The van der Waals surface area contributed by atoms with Crippen LogP contribution in [0.2, 0.25) is 0 Å². The minimum atomic E-state index is -0.449. The van der Waals surface area contributed by atoms with Crippen LogP contribution in [0.4, 0.5) is 0 Å². The van der Waals surface area contributed by atoms with E-state index in [0.717, 1.165) is 31.2 Å².